The van der Waals surface area contributed by atoms with Crippen LogP contribution in [-0.4, -0.2) is 12.3 Å². The second-order valence-corrected chi connectivity index (χ2v) is 5.25. The largest absolute Gasteiger partial charge is 0.312 e. The summed E-state index contributed by atoms with van der Waals surface area (Å²) in [6.45, 7) is 3.93. The van der Waals surface area contributed by atoms with Crippen molar-refractivity contribution >= 4 is 5.78 Å². The van der Waals surface area contributed by atoms with Crippen LogP contribution in [0.3, 0.4) is 0 Å². The molecule has 0 amide bonds. The van der Waals surface area contributed by atoms with Crippen LogP contribution in [0, 0.1) is 0 Å². The Balaban J connectivity index is 2.02. The Labute approximate surface area is 119 Å². The molecule has 0 radical (unpaired) electrons. The maximum Gasteiger partial charge on any atom is 0.193 e. The molecule has 0 saturated carbocycles. The van der Waals surface area contributed by atoms with E-state index in [4.69, 9.17) is 0 Å². The molecule has 3 rings (SSSR count). The zero-order valence-electron chi connectivity index (χ0n) is 11.8. The summed E-state index contributed by atoms with van der Waals surface area (Å²) in [4.78, 5) is 12.8. The first-order valence-electron chi connectivity index (χ1n) is 7.24. The van der Waals surface area contributed by atoms with Gasteiger partial charge in [0.05, 0.1) is 0 Å². The van der Waals surface area contributed by atoms with Crippen LogP contribution in [0.2, 0.25) is 0 Å². The smallest absolute Gasteiger partial charge is 0.193 e. The van der Waals surface area contributed by atoms with Gasteiger partial charge in [-0.3, -0.25) is 4.79 Å². The van der Waals surface area contributed by atoms with Crippen molar-refractivity contribution in [1.29, 1.82) is 0 Å². The fourth-order valence-corrected chi connectivity index (χ4v) is 2.83. The normalized spacial score (nSPS) is 13.8. The molecule has 0 bridgehead atoms. The molecule has 0 aromatic heterocycles. The topological polar surface area (TPSA) is 29.1 Å². The lowest BCUT2D eigenvalue weighted by atomic mass is 9.90. The lowest BCUT2D eigenvalue weighted by Crippen LogP contribution is -2.25. The SMILES string of the molecule is CCc1cccc(C(=O)c2cccc3c2CCNC3)c1. The molecule has 2 aromatic carbocycles. The molecule has 2 aromatic rings. The van der Waals surface area contributed by atoms with Crippen LogP contribution in [0.25, 0.3) is 0 Å². The summed E-state index contributed by atoms with van der Waals surface area (Å²) < 4.78 is 0. The highest BCUT2D eigenvalue weighted by molar-refractivity contribution is 6.10. The van der Waals surface area contributed by atoms with E-state index in [1.165, 1.54) is 16.7 Å². The summed E-state index contributed by atoms with van der Waals surface area (Å²) in [5.41, 5.74) is 5.36. The third-order valence-corrected chi connectivity index (χ3v) is 3.98. The molecule has 2 nitrogen and oxygen atoms in total. The Bertz CT molecular complexity index is 646. The monoisotopic (exact) mass is 265 g/mol. The zero-order chi connectivity index (χ0) is 13.9. The second kappa shape index (κ2) is 5.59. The van der Waals surface area contributed by atoms with E-state index in [1.807, 2.05) is 30.3 Å². The predicted octanol–water partition coefficient (Wildman–Crippen LogP) is 3.13. The molecule has 0 spiro atoms. The van der Waals surface area contributed by atoms with Gasteiger partial charge in [-0.05, 0) is 42.1 Å². The van der Waals surface area contributed by atoms with Crippen LogP contribution in [-0.2, 0) is 19.4 Å². The minimum absolute atomic E-state index is 0.152. The van der Waals surface area contributed by atoms with E-state index < -0.39 is 0 Å². The van der Waals surface area contributed by atoms with E-state index in [0.29, 0.717) is 0 Å². The average molecular weight is 265 g/mol. The molecule has 1 aliphatic heterocycles. The van der Waals surface area contributed by atoms with E-state index in [-0.39, 0.29) is 5.78 Å². The molecule has 20 heavy (non-hydrogen) atoms. The number of ketones is 1. The lowest BCUT2D eigenvalue weighted by Gasteiger charge is -2.19. The quantitative estimate of drug-likeness (QED) is 0.864. The van der Waals surface area contributed by atoms with Gasteiger partial charge in [-0.1, -0.05) is 43.3 Å². The van der Waals surface area contributed by atoms with Crippen LogP contribution in [0.15, 0.2) is 42.5 Å². The van der Waals surface area contributed by atoms with Crippen LogP contribution < -0.4 is 5.32 Å². The molecule has 0 aliphatic carbocycles. The van der Waals surface area contributed by atoms with Gasteiger partial charge in [0.2, 0.25) is 0 Å². The second-order valence-electron chi connectivity index (χ2n) is 5.25. The van der Waals surface area contributed by atoms with E-state index >= 15 is 0 Å². The molecule has 0 fully saturated rings. The van der Waals surface area contributed by atoms with Crippen molar-refractivity contribution in [3.8, 4) is 0 Å². The third kappa shape index (κ3) is 2.39. The molecule has 1 N–H and O–H groups in total. The van der Waals surface area contributed by atoms with Crippen molar-refractivity contribution in [1.82, 2.24) is 5.32 Å². The Morgan fingerprint density at radius 1 is 1.20 bits per heavy atom. The average Bonchev–Trinajstić information content (AvgIpc) is 2.53. The Morgan fingerprint density at radius 3 is 2.90 bits per heavy atom. The lowest BCUT2D eigenvalue weighted by molar-refractivity contribution is 0.103. The highest BCUT2D eigenvalue weighted by Crippen LogP contribution is 2.22. The number of hydrogen-bond donors (Lipinski definition) is 1. The van der Waals surface area contributed by atoms with Crippen LogP contribution in [0.5, 0.6) is 0 Å². The summed E-state index contributed by atoms with van der Waals surface area (Å²) in [7, 11) is 0. The van der Waals surface area contributed by atoms with Gasteiger partial charge in [-0.15, -0.1) is 0 Å². The van der Waals surface area contributed by atoms with Crippen molar-refractivity contribution in [2.75, 3.05) is 6.54 Å². The zero-order valence-corrected chi connectivity index (χ0v) is 11.8. The molecule has 1 heterocycles. The first-order valence-corrected chi connectivity index (χ1v) is 7.24. The van der Waals surface area contributed by atoms with Gasteiger partial charge in [0, 0.05) is 17.7 Å². The first-order chi connectivity index (χ1) is 9.79. The van der Waals surface area contributed by atoms with Gasteiger partial charge < -0.3 is 5.32 Å². The maximum absolute atomic E-state index is 12.8. The van der Waals surface area contributed by atoms with Gasteiger partial charge in [0.15, 0.2) is 5.78 Å². The van der Waals surface area contributed by atoms with Crippen molar-refractivity contribution in [3.05, 3.63) is 70.3 Å². The van der Waals surface area contributed by atoms with E-state index in [0.717, 1.165) is 37.1 Å². The molecule has 2 heteroatoms. The Morgan fingerprint density at radius 2 is 2.05 bits per heavy atom. The third-order valence-electron chi connectivity index (χ3n) is 3.98. The fraction of sp³-hybridized carbons (Fsp3) is 0.278. The summed E-state index contributed by atoms with van der Waals surface area (Å²) in [6, 6.07) is 14.0. The number of nitrogens with one attached hydrogen (secondary N) is 1. The van der Waals surface area contributed by atoms with Crippen molar-refractivity contribution in [2.45, 2.75) is 26.3 Å². The molecule has 0 atom stereocenters. The highest BCUT2D eigenvalue weighted by atomic mass is 16.1. The summed E-state index contributed by atoms with van der Waals surface area (Å²) in [6.07, 6.45) is 1.89. The molecule has 0 saturated heterocycles. The summed E-state index contributed by atoms with van der Waals surface area (Å²) in [5.74, 6) is 0.152. The van der Waals surface area contributed by atoms with Crippen LogP contribution in [0.1, 0.15) is 39.5 Å². The number of carbonyl (C=O) groups excluding carboxylic acids is 1. The number of hydrogen-bond acceptors (Lipinski definition) is 2. The van der Waals surface area contributed by atoms with Gasteiger partial charge >= 0.3 is 0 Å². The fourth-order valence-electron chi connectivity index (χ4n) is 2.83. The van der Waals surface area contributed by atoms with E-state index in [2.05, 4.69) is 24.4 Å². The van der Waals surface area contributed by atoms with E-state index in [9.17, 15) is 4.79 Å². The van der Waals surface area contributed by atoms with Gasteiger partial charge in [0.1, 0.15) is 0 Å². The molecule has 1 aliphatic rings. The number of fused-ring (bicyclic) bond motifs is 1. The summed E-state index contributed by atoms with van der Waals surface area (Å²) >= 11 is 0. The molecular formula is C18H19NO. The number of aryl methyl sites for hydroxylation is 1. The van der Waals surface area contributed by atoms with E-state index in [1.54, 1.807) is 0 Å². The molecular weight excluding hydrogens is 246 g/mol. The van der Waals surface area contributed by atoms with Gasteiger partial charge in [-0.2, -0.15) is 0 Å². The Kier molecular flexibility index (Phi) is 3.66. The minimum Gasteiger partial charge on any atom is -0.312 e. The minimum atomic E-state index is 0.152. The van der Waals surface area contributed by atoms with Gasteiger partial charge in [0.25, 0.3) is 0 Å². The highest BCUT2D eigenvalue weighted by Gasteiger charge is 2.18. The van der Waals surface area contributed by atoms with Crippen molar-refractivity contribution < 1.29 is 4.79 Å². The first kappa shape index (κ1) is 13.1. The van der Waals surface area contributed by atoms with Crippen molar-refractivity contribution in [3.63, 3.8) is 0 Å². The Hall–Kier alpha value is -1.93. The summed E-state index contributed by atoms with van der Waals surface area (Å²) in [5, 5.41) is 3.35. The number of carbonyl (C=O) groups is 1. The molecule has 102 valence electrons. The van der Waals surface area contributed by atoms with Gasteiger partial charge in [-0.25, -0.2) is 0 Å². The van der Waals surface area contributed by atoms with Crippen LogP contribution >= 0.6 is 0 Å². The number of benzene rings is 2. The maximum atomic E-state index is 12.8. The predicted molar refractivity (Wildman–Crippen MR) is 81.1 cm³/mol. The number of rotatable bonds is 3. The van der Waals surface area contributed by atoms with Crippen LogP contribution in [0.4, 0.5) is 0 Å². The standard InChI is InChI=1S/C18H19NO/c1-2-13-5-3-6-14(11-13)18(20)17-8-4-7-15-12-19-10-9-16(15)17/h3-8,11,19H,2,9-10,12H2,1H3. The molecule has 0 unspecified atom stereocenters. The van der Waals surface area contributed by atoms with Crippen molar-refractivity contribution in [2.24, 2.45) is 0 Å².